The highest BCUT2D eigenvalue weighted by Crippen LogP contribution is 2.16. The number of hydrogen-bond acceptors (Lipinski definition) is 3. The molecule has 0 aliphatic heterocycles. The number of halogens is 2. The van der Waals surface area contributed by atoms with Crippen LogP contribution >= 0.6 is 0 Å². The van der Waals surface area contributed by atoms with Crippen LogP contribution < -0.4 is 0 Å². The largest absolute Gasteiger partial charge is 0.382 e. The molecule has 0 aliphatic carbocycles. The predicted octanol–water partition coefficient (Wildman–Crippen LogP) is 2.12. The Morgan fingerprint density at radius 2 is 1.88 bits per heavy atom. The van der Waals surface area contributed by atoms with E-state index in [9.17, 15) is 13.6 Å². The molecule has 0 aromatic heterocycles. The zero-order chi connectivity index (χ0) is 13.0. The molecule has 1 aromatic carbocycles. The lowest BCUT2D eigenvalue weighted by Crippen LogP contribution is -2.12. The summed E-state index contributed by atoms with van der Waals surface area (Å²) >= 11 is 0. The third kappa shape index (κ3) is 2.88. The summed E-state index contributed by atoms with van der Waals surface area (Å²) in [7, 11) is 3.20. The number of allylic oxidation sites excluding steroid dienone is 1. The van der Waals surface area contributed by atoms with Crippen molar-refractivity contribution in [1.29, 1.82) is 5.26 Å². The van der Waals surface area contributed by atoms with Crippen LogP contribution in [0.3, 0.4) is 0 Å². The molecule has 0 spiro atoms. The maximum atomic E-state index is 13.3. The number of rotatable bonds is 3. The Morgan fingerprint density at radius 3 is 2.29 bits per heavy atom. The van der Waals surface area contributed by atoms with Gasteiger partial charge in [0.15, 0.2) is 0 Å². The minimum Gasteiger partial charge on any atom is -0.382 e. The van der Waals surface area contributed by atoms with Gasteiger partial charge in [-0.2, -0.15) is 5.26 Å². The van der Waals surface area contributed by atoms with E-state index in [2.05, 4.69) is 0 Å². The third-order valence-electron chi connectivity index (χ3n) is 1.94. The fourth-order valence-corrected chi connectivity index (χ4v) is 1.25. The van der Waals surface area contributed by atoms with Crippen LogP contribution in [0, 0.1) is 23.0 Å². The quantitative estimate of drug-likeness (QED) is 0.458. The summed E-state index contributed by atoms with van der Waals surface area (Å²) in [6.07, 6.45) is 1.22. The van der Waals surface area contributed by atoms with Crippen molar-refractivity contribution in [2.45, 2.75) is 0 Å². The Hall–Kier alpha value is -2.22. The van der Waals surface area contributed by atoms with Gasteiger partial charge in [0, 0.05) is 20.3 Å². The van der Waals surface area contributed by atoms with E-state index in [1.807, 2.05) is 0 Å². The molecule has 0 unspecified atom stereocenters. The standard InChI is InChI=1S/C12H10F2N2O/c1-16(2)7-8(6-15)12(17)11-9(13)4-3-5-10(11)14/h3-5,7H,1-2H3/b8-7-. The van der Waals surface area contributed by atoms with Gasteiger partial charge in [-0.15, -0.1) is 0 Å². The van der Waals surface area contributed by atoms with Crippen LogP contribution in [0.1, 0.15) is 10.4 Å². The number of hydrogen-bond donors (Lipinski definition) is 0. The SMILES string of the molecule is CN(C)/C=C(/C#N)C(=O)c1c(F)cccc1F. The molecule has 0 aliphatic rings. The Labute approximate surface area is 97.6 Å². The first-order chi connectivity index (χ1) is 7.97. The van der Waals surface area contributed by atoms with Gasteiger partial charge in [-0.05, 0) is 12.1 Å². The van der Waals surface area contributed by atoms with Crippen LogP contribution in [0.25, 0.3) is 0 Å². The highest BCUT2D eigenvalue weighted by atomic mass is 19.1. The molecule has 0 N–H and O–H groups in total. The molecule has 0 amide bonds. The summed E-state index contributed by atoms with van der Waals surface area (Å²) in [6.45, 7) is 0. The zero-order valence-corrected chi connectivity index (χ0v) is 9.37. The van der Waals surface area contributed by atoms with Crippen molar-refractivity contribution in [3.63, 3.8) is 0 Å². The summed E-state index contributed by atoms with van der Waals surface area (Å²) in [4.78, 5) is 13.2. The van der Waals surface area contributed by atoms with E-state index in [4.69, 9.17) is 5.26 Å². The van der Waals surface area contributed by atoms with Gasteiger partial charge in [0.2, 0.25) is 5.78 Å². The number of carbonyl (C=O) groups is 1. The topological polar surface area (TPSA) is 44.1 Å². The Morgan fingerprint density at radius 1 is 1.35 bits per heavy atom. The maximum absolute atomic E-state index is 13.3. The number of ketones is 1. The van der Waals surface area contributed by atoms with Crippen LogP contribution in [0.4, 0.5) is 8.78 Å². The van der Waals surface area contributed by atoms with Crippen LogP contribution in [-0.4, -0.2) is 24.8 Å². The van der Waals surface area contributed by atoms with Gasteiger partial charge in [-0.3, -0.25) is 4.79 Å². The van der Waals surface area contributed by atoms with Crippen LogP contribution in [0.2, 0.25) is 0 Å². The van der Waals surface area contributed by atoms with Gasteiger partial charge in [0.05, 0.1) is 5.56 Å². The summed E-state index contributed by atoms with van der Waals surface area (Å²) in [5.41, 5.74) is -1.03. The second-order valence-electron chi connectivity index (χ2n) is 3.54. The van der Waals surface area contributed by atoms with Gasteiger partial charge in [0.1, 0.15) is 23.3 Å². The van der Waals surface area contributed by atoms with Gasteiger partial charge < -0.3 is 4.90 Å². The number of nitriles is 1. The lowest BCUT2D eigenvalue weighted by molar-refractivity contribution is 0.103. The number of nitrogens with zero attached hydrogens (tertiary/aromatic N) is 2. The van der Waals surface area contributed by atoms with Crippen molar-refractivity contribution in [3.8, 4) is 6.07 Å². The summed E-state index contributed by atoms with van der Waals surface area (Å²) in [5.74, 6) is -2.92. The number of carbonyl (C=O) groups excluding carboxylic acids is 1. The first-order valence-electron chi connectivity index (χ1n) is 4.74. The van der Waals surface area contributed by atoms with Crippen LogP contribution in [0.5, 0.6) is 0 Å². The van der Waals surface area contributed by atoms with Crippen LogP contribution in [0.15, 0.2) is 30.0 Å². The molecule has 17 heavy (non-hydrogen) atoms. The molecule has 1 aromatic rings. The molecule has 0 radical (unpaired) electrons. The molecular formula is C12H10F2N2O. The molecule has 5 heteroatoms. The Bertz CT molecular complexity index is 495. The summed E-state index contributed by atoms with van der Waals surface area (Å²) in [5, 5.41) is 8.78. The van der Waals surface area contributed by atoms with Crippen molar-refractivity contribution in [1.82, 2.24) is 4.90 Å². The van der Waals surface area contributed by atoms with Crippen molar-refractivity contribution in [3.05, 3.63) is 47.2 Å². The first kappa shape index (κ1) is 12.8. The molecule has 0 saturated heterocycles. The van der Waals surface area contributed by atoms with E-state index < -0.39 is 23.0 Å². The van der Waals surface area contributed by atoms with Gasteiger partial charge in [-0.25, -0.2) is 8.78 Å². The van der Waals surface area contributed by atoms with Crippen molar-refractivity contribution in [2.24, 2.45) is 0 Å². The third-order valence-corrected chi connectivity index (χ3v) is 1.94. The molecule has 0 heterocycles. The van der Waals surface area contributed by atoms with Crippen molar-refractivity contribution in [2.75, 3.05) is 14.1 Å². The Kier molecular flexibility index (Phi) is 3.94. The lowest BCUT2D eigenvalue weighted by atomic mass is 10.0. The lowest BCUT2D eigenvalue weighted by Gasteiger charge is -2.07. The average Bonchev–Trinajstić information content (AvgIpc) is 2.25. The van der Waals surface area contributed by atoms with E-state index in [1.54, 1.807) is 20.2 Å². The monoisotopic (exact) mass is 236 g/mol. The second-order valence-corrected chi connectivity index (χ2v) is 3.54. The smallest absolute Gasteiger partial charge is 0.210 e. The van der Waals surface area contributed by atoms with E-state index in [0.717, 1.165) is 18.2 Å². The van der Waals surface area contributed by atoms with Crippen molar-refractivity contribution >= 4 is 5.78 Å². The van der Waals surface area contributed by atoms with Gasteiger partial charge in [-0.1, -0.05) is 6.07 Å². The molecule has 0 atom stereocenters. The minimum absolute atomic E-state index is 0.320. The normalized spacial score (nSPS) is 10.9. The van der Waals surface area contributed by atoms with E-state index in [1.165, 1.54) is 11.1 Å². The summed E-state index contributed by atoms with van der Waals surface area (Å²) in [6, 6.07) is 4.72. The Balaban J connectivity index is 3.26. The summed E-state index contributed by atoms with van der Waals surface area (Å²) < 4.78 is 26.6. The molecular weight excluding hydrogens is 226 g/mol. The molecule has 1 rings (SSSR count). The van der Waals surface area contributed by atoms with Crippen LogP contribution in [-0.2, 0) is 0 Å². The number of Topliss-reactive ketones (excluding diaryl/α,β-unsaturated/α-hetero) is 1. The average molecular weight is 236 g/mol. The van der Waals surface area contributed by atoms with E-state index >= 15 is 0 Å². The molecule has 88 valence electrons. The number of benzene rings is 1. The zero-order valence-electron chi connectivity index (χ0n) is 9.37. The van der Waals surface area contributed by atoms with Crippen molar-refractivity contribution < 1.29 is 13.6 Å². The fraction of sp³-hybridized carbons (Fsp3) is 0.167. The first-order valence-corrected chi connectivity index (χ1v) is 4.74. The van der Waals surface area contributed by atoms with E-state index in [0.29, 0.717) is 0 Å². The van der Waals surface area contributed by atoms with Gasteiger partial charge >= 0.3 is 0 Å². The minimum atomic E-state index is -0.977. The molecule has 0 bridgehead atoms. The van der Waals surface area contributed by atoms with Gasteiger partial charge in [0.25, 0.3) is 0 Å². The molecule has 0 fully saturated rings. The highest BCUT2D eigenvalue weighted by Gasteiger charge is 2.20. The van der Waals surface area contributed by atoms with E-state index in [-0.39, 0.29) is 5.57 Å². The second kappa shape index (κ2) is 5.21. The maximum Gasteiger partial charge on any atom is 0.210 e. The molecule has 3 nitrogen and oxygen atoms in total. The molecule has 0 saturated carbocycles. The highest BCUT2D eigenvalue weighted by molar-refractivity contribution is 6.11. The fourth-order valence-electron chi connectivity index (χ4n) is 1.25. The predicted molar refractivity (Wildman–Crippen MR) is 58.1 cm³/mol.